The Kier molecular flexibility index (Phi) is 11.0. The number of halogens is 6. The molecule has 0 amide bonds. The molecular formula is C22H26F6N8O4. The summed E-state index contributed by atoms with van der Waals surface area (Å²) in [5.74, 6) is -4.85. The third-order valence-electron chi connectivity index (χ3n) is 5.39. The predicted octanol–water partition coefficient (Wildman–Crippen LogP) is 2.73. The number of nitrogens with one attached hydrogen (secondary N) is 1. The quantitative estimate of drug-likeness (QED) is 0.371. The number of carbonyl (C=O) groups is 2. The van der Waals surface area contributed by atoms with Crippen LogP contribution in [-0.2, 0) is 42.7 Å². The van der Waals surface area contributed by atoms with E-state index in [1.807, 2.05) is 23.3 Å². The van der Waals surface area contributed by atoms with Crippen molar-refractivity contribution in [2.24, 2.45) is 7.05 Å². The van der Waals surface area contributed by atoms with Crippen LogP contribution in [0.25, 0.3) is 0 Å². The highest BCUT2D eigenvalue weighted by Crippen LogP contribution is 2.24. The Morgan fingerprint density at radius 3 is 2.12 bits per heavy atom. The van der Waals surface area contributed by atoms with Crippen molar-refractivity contribution in [3.63, 3.8) is 0 Å². The standard InChI is InChI=1S/C18H24N8.2C2HF3O2/c1-3-26-11-14(8-23-26)10-25-12-16-17(24(2)13-22-16)7-15(25)9-21-18-19-5-4-6-20-18;2*3-2(4,5)1(6)7/h4-6,8,11,13,15H,3,7,9-10,12H2,1-2H3,(H,19,20,21);2*(H,6,7). The number of alkyl halides is 6. The van der Waals surface area contributed by atoms with E-state index in [2.05, 4.69) is 55.0 Å². The van der Waals surface area contributed by atoms with Gasteiger partial charge in [0.2, 0.25) is 5.95 Å². The lowest BCUT2D eigenvalue weighted by Gasteiger charge is -2.35. The Balaban J connectivity index is 0.000000333. The summed E-state index contributed by atoms with van der Waals surface area (Å²) < 4.78 is 67.6. The molecule has 3 aromatic heterocycles. The van der Waals surface area contributed by atoms with Gasteiger partial charge in [0.15, 0.2) is 0 Å². The van der Waals surface area contributed by atoms with Crippen LogP contribution in [0.4, 0.5) is 32.3 Å². The summed E-state index contributed by atoms with van der Waals surface area (Å²) in [6, 6.07) is 2.16. The van der Waals surface area contributed by atoms with E-state index in [9.17, 15) is 26.3 Å². The SMILES string of the molecule is CCn1cc(CN2Cc3ncn(C)c3CC2CNc2ncccn2)cn1.O=C(O)C(F)(F)F.O=C(O)C(F)(F)F. The molecule has 1 atom stereocenters. The predicted molar refractivity (Wildman–Crippen MR) is 126 cm³/mol. The van der Waals surface area contributed by atoms with E-state index >= 15 is 0 Å². The van der Waals surface area contributed by atoms with E-state index in [1.54, 1.807) is 12.4 Å². The minimum absolute atomic E-state index is 0.340. The molecule has 1 unspecified atom stereocenters. The number of carboxylic acids is 2. The van der Waals surface area contributed by atoms with E-state index in [0.29, 0.717) is 12.0 Å². The van der Waals surface area contributed by atoms with E-state index in [4.69, 9.17) is 19.8 Å². The lowest BCUT2D eigenvalue weighted by Crippen LogP contribution is -2.44. The average molecular weight is 580 g/mol. The van der Waals surface area contributed by atoms with Crippen molar-refractivity contribution in [1.29, 1.82) is 0 Å². The smallest absolute Gasteiger partial charge is 0.475 e. The fourth-order valence-corrected chi connectivity index (χ4v) is 3.45. The minimum atomic E-state index is -5.08. The van der Waals surface area contributed by atoms with Gasteiger partial charge in [-0.2, -0.15) is 31.4 Å². The van der Waals surface area contributed by atoms with E-state index in [0.717, 1.165) is 32.6 Å². The van der Waals surface area contributed by atoms with Crippen LogP contribution in [0.2, 0.25) is 0 Å². The zero-order chi connectivity index (χ0) is 30.1. The number of aromatic nitrogens is 6. The molecular weight excluding hydrogens is 554 g/mol. The molecule has 40 heavy (non-hydrogen) atoms. The van der Waals surface area contributed by atoms with Gasteiger partial charge >= 0.3 is 24.3 Å². The molecule has 1 aliphatic rings. The fraction of sp³-hybridized carbons (Fsp3) is 0.455. The molecule has 3 aromatic rings. The number of anilines is 1. The van der Waals surface area contributed by atoms with Crippen LogP contribution < -0.4 is 5.32 Å². The van der Waals surface area contributed by atoms with Gasteiger partial charge in [0.25, 0.3) is 0 Å². The number of aliphatic carboxylic acids is 2. The van der Waals surface area contributed by atoms with Gasteiger partial charge in [-0.15, -0.1) is 0 Å². The number of carboxylic acid groups (broad SMARTS) is 2. The molecule has 4 rings (SSSR count). The minimum Gasteiger partial charge on any atom is -0.475 e. The zero-order valence-electron chi connectivity index (χ0n) is 21.2. The summed E-state index contributed by atoms with van der Waals surface area (Å²) in [4.78, 5) is 33.4. The molecule has 0 saturated heterocycles. The molecule has 0 aromatic carbocycles. The van der Waals surface area contributed by atoms with Gasteiger partial charge in [0.05, 0.1) is 18.2 Å². The Hall–Kier alpha value is -4.22. The van der Waals surface area contributed by atoms with Gasteiger partial charge in [-0.3, -0.25) is 9.58 Å². The van der Waals surface area contributed by atoms with E-state index in [-0.39, 0.29) is 0 Å². The van der Waals surface area contributed by atoms with Crippen molar-refractivity contribution in [2.75, 3.05) is 11.9 Å². The van der Waals surface area contributed by atoms with Crippen molar-refractivity contribution in [1.82, 2.24) is 34.2 Å². The number of aryl methyl sites for hydroxylation is 2. The number of fused-ring (bicyclic) bond motifs is 1. The first-order valence-corrected chi connectivity index (χ1v) is 11.5. The molecule has 220 valence electrons. The normalized spacial score (nSPS) is 15.2. The molecule has 1 aliphatic heterocycles. The van der Waals surface area contributed by atoms with Crippen molar-refractivity contribution < 1.29 is 46.1 Å². The molecule has 0 radical (unpaired) electrons. The highest BCUT2D eigenvalue weighted by molar-refractivity contribution is 5.73. The highest BCUT2D eigenvalue weighted by atomic mass is 19.4. The van der Waals surface area contributed by atoms with Gasteiger partial charge < -0.3 is 20.1 Å². The molecule has 0 spiro atoms. The van der Waals surface area contributed by atoms with Crippen LogP contribution >= 0.6 is 0 Å². The second kappa shape index (κ2) is 13.7. The molecule has 4 heterocycles. The van der Waals surface area contributed by atoms with Gasteiger partial charge in [-0.1, -0.05) is 0 Å². The average Bonchev–Trinajstić information content (AvgIpc) is 3.49. The summed E-state index contributed by atoms with van der Waals surface area (Å²) in [5.41, 5.74) is 3.71. The maximum absolute atomic E-state index is 10.6. The molecule has 0 aliphatic carbocycles. The second-order valence-electron chi connectivity index (χ2n) is 8.28. The summed E-state index contributed by atoms with van der Waals surface area (Å²) in [6.07, 6.45) is 0.293. The van der Waals surface area contributed by atoms with Crippen LogP contribution in [0.15, 0.2) is 37.2 Å². The van der Waals surface area contributed by atoms with Crippen LogP contribution in [-0.4, -0.2) is 81.3 Å². The Labute approximate surface area is 223 Å². The first-order valence-electron chi connectivity index (χ1n) is 11.5. The number of imidazole rings is 1. The number of hydrogen-bond acceptors (Lipinski definition) is 8. The summed E-state index contributed by atoms with van der Waals surface area (Å²) in [7, 11) is 2.07. The van der Waals surface area contributed by atoms with Gasteiger partial charge in [-0.05, 0) is 13.0 Å². The van der Waals surface area contributed by atoms with Crippen molar-refractivity contribution in [3.8, 4) is 0 Å². The molecule has 18 heteroatoms. The van der Waals surface area contributed by atoms with E-state index < -0.39 is 24.3 Å². The number of nitrogens with zero attached hydrogens (tertiary/aromatic N) is 7. The third kappa shape index (κ3) is 9.83. The Bertz CT molecular complexity index is 1220. The Morgan fingerprint density at radius 1 is 1.05 bits per heavy atom. The van der Waals surface area contributed by atoms with Crippen molar-refractivity contribution in [2.45, 2.75) is 51.4 Å². The maximum Gasteiger partial charge on any atom is 0.490 e. The van der Waals surface area contributed by atoms with Crippen molar-refractivity contribution in [3.05, 3.63) is 54.1 Å². The second-order valence-corrected chi connectivity index (χ2v) is 8.28. The van der Waals surface area contributed by atoms with Gasteiger partial charge in [0.1, 0.15) is 0 Å². The Morgan fingerprint density at radius 2 is 1.62 bits per heavy atom. The maximum atomic E-state index is 10.6. The van der Waals surface area contributed by atoms with Crippen LogP contribution in [0.5, 0.6) is 0 Å². The number of rotatable bonds is 6. The molecule has 0 bridgehead atoms. The highest BCUT2D eigenvalue weighted by Gasteiger charge is 2.39. The molecule has 12 nitrogen and oxygen atoms in total. The lowest BCUT2D eigenvalue weighted by atomic mass is 10.0. The molecule has 0 saturated carbocycles. The first kappa shape index (κ1) is 32.0. The first-order chi connectivity index (χ1) is 18.6. The summed E-state index contributed by atoms with van der Waals surface area (Å²) in [6.45, 7) is 5.48. The summed E-state index contributed by atoms with van der Waals surface area (Å²) >= 11 is 0. The number of hydrogen-bond donors (Lipinski definition) is 3. The largest absolute Gasteiger partial charge is 0.490 e. The molecule has 0 fully saturated rings. The molecule has 3 N–H and O–H groups in total. The van der Waals surface area contributed by atoms with Crippen molar-refractivity contribution >= 4 is 17.9 Å². The topological polar surface area (TPSA) is 151 Å². The zero-order valence-corrected chi connectivity index (χ0v) is 21.2. The fourth-order valence-electron chi connectivity index (χ4n) is 3.45. The van der Waals surface area contributed by atoms with Crippen LogP contribution in [0.1, 0.15) is 23.9 Å². The van der Waals surface area contributed by atoms with Gasteiger partial charge in [-0.25, -0.2) is 24.5 Å². The third-order valence-corrected chi connectivity index (χ3v) is 5.39. The van der Waals surface area contributed by atoms with Crippen LogP contribution in [0.3, 0.4) is 0 Å². The lowest BCUT2D eigenvalue weighted by molar-refractivity contribution is -0.193. The van der Waals surface area contributed by atoms with E-state index in [1.165, 1.54) is 17.0 Å². The monoisotopic (exact) mass is 580 g/mol. The van der Waals surface area contributed by atoms with Crippen LogP contribution in [0, 0.1) is 0 Å². The summed E-state index contributed by atoms with van der Waals surface area (Å²) in [5, 5.41) is 22.0. The van der Waals surface area contributed by atoms with Gasteiger partial charge in [0, 0.05) is 75.5 Å².